The average Bonchev–Trinajstić information content (AvgIpc) is 3.40. The molecule has 1 atom stereocenters. The fraction of sp³-hybridized carbons (Fsp3) is 0.476. The topological polar surface area (TPSA) is 76.0 Å². The van der Waals surface area contributed by atoms with Gasteiger partial charge in [-0.05, 0) is 51.2 Å². The van der Waals surface area contributed by atoms with Gasteiger partial charge in [-0.15, -0.1) is 0 Å². The smallest absolute Gasteiger partial charge is 0.272 e. The number of carbonyl (C=O) groups is 2. The van der Waals surface area contributed by atoms with E-state index in [9.17, 15) is 9.59 Å². The third-order valence-electron chi connectivity index (χ3n) is 5.59. The second-order valence-electron chi connectivity index (χ2n) is 7.56. The standard InChI is InChI=1S/C21H26N4O2/c1-14(20(26)23-15-8-5-6-9-15)22-21(27)19-17-12-7-13-18(17)25(24-19)16-10-3-2-4-11-16/h2-4,10-11,14-15H,5-9,12-13H2,1H3,(H,22,27)(H,23,26)/t14-/m0/s1. The van der Waals surface area contributed by atoms with Crippen LogP contribution in [0.4, 0.5) is 0 Å². The molecule has 6 heteroatoms. The summed E-state index contributed by atoms with van der Waals surface area (Å²) in [6.45, 7) is 1.73. The number of fused-ring (bicyclic) bond motifs is 1. The van der Waals surface area contributed by atoms with Crippen LogP contribution in [0.5, 0.6) is 0 Å². The SMILES string of the molecule is C[C@H](NC(=O)c1nn(-c2ccccc2)c2c1CCC2)C(=O)NC1CCCC1. The highest BCUT2D eigenvalue weighted by Crippen LogP contribution is 2.27. The van der Waals surface area contributed by atoms with Gasteiger partial charge in [-0.2, -0.15) is 5.10 Å². The zero-order valence-corrected chi connectivity index (χ0v) is 15.7. The van der Waals surface area contributed by atoms with Crippen LogP contribution >= 0.6 is 0 Å². The van der Waals surface area contributed by atoms with E-state index in [4.69, 9.17) is 0 Å². The second-order valence-corrected chi connectivity index (χ2v) is 7.56. The molecule has 2 aliphatic carbocycles. The van der Waals surface area contributed by atoms with E-state index in [-0.39, 0.29) is 17.9 Å². The molecule has 0 spiro atoms. The summed E-state index contributed by atoms with van der Waals surface area (Å²) in [4.78, 5) is 25.2. The van der Waals surface area contributed by atoms with E-state index >= 15 is 0 Å². The van der Waals surface area contributed by atoms with Crippen molar-refractivity contribution < 1.29 is 9.59 Å². The summed E-state index contributed by atoms with van der Waals surface area (Å²) in [5, 5.41) is 10.5. The molecule has 27 heavy (non-hydrogen) atoms. The summed E-state index contributed by atoms with van der Waals surface area (Å²) >= 11 is 0. The van der Waals surface area contributed by atoms with Crippen LogP contribution in [0.15, 0.2) is 30.3 Å². The first-order valence-electron chi connectivity index (χ1n) is 9.91. The first kappa shape index (κ1) is 17.8. The molecule has 142 valence electrons. The molecule has 1 saturated carbocycles. The number of carbonyl (C=O) groups excluding carboxylic acids is 2. The molecule has 1 heterocycles. The Morgan fingerprint density at radius 2 is 1.85 bits per heavy atom. The third kappa shape index (κ3) is 3.61. The van der Waals surface area contributed by atoms with Crippen molar-refractivity contribution in [3.8, 4) is 5.69 Å². The van der Waals surface area contributed by atoms with Gasteiger partial charge in [0.1, 0.15) is 6.04 Å². The van der Waals surface area contributed by atoms with E-state index in [0.29, 0.717) is 5.69 Å². The lowest BCUT2D eigenvalue weighted by Gasteiger charge is -2.17. The van der Waals surface area contributed by atoms with Crippen molar-refractivity contribution in [1.29, 1.82) is 0 Å². The van der Waals surface area contributed by atoms with Crippen LogP contribution in [0.2, 0.25) is 0 Å². The minimum atomic E-state index is -0.572. The third-order valence-corrected chi connectivity index (χ3v) is 5.59. The van der Waals surface area contributed by atoms with Crippen molar-refractivity contribution in [2.45, 2.75) is 64.0 Å². The molecule has 0 unspecified atom stereocenters. The molecule has 2 aliphatic rings. The predicted octanol–water partition coefficient (Wildman–Crippen LogP) is 2.54. The van der Waals surface area contributed by atoms with Gasteiger partial charge in [-0.3, -0.25) is 9.59 Å². The molecule has 0 radical (unpaired) electrons. The van der Waals surface area contributed by atoms with Crippen molar-refractivity contribution >= 4 is 11.8 Å². The first-order chi connectivity index (χ1) is 13.1. The van der Waals surface area contributed by atoms with Gasteiger partial charge in [0.2, 0.25) is 5.91 Å². The maximum Gasteiger partial charge on any atom is 0.272 e. The van der Waals surface area contributed by atoms with Gasteiger partial charge in [0.25, 0.3) is 5.91 Å². The van der Waals surface area contributed by atoms with E-state index in [1.54, 1.807) is 6.92 Å². The predicted molar refractivity (Wildman–Crippen MR) is 103 cm³/mol. The molecule has 0 aliphatic heterocycles. The van der Waals surface area contributed by atoms with E-state index in [1.807, 2.05) is 35.0 Å². The molecule has 2 N–H and O–H groups in total. The largest absolute Gasteiger partial charge is 0.352 e. The average molecular weight is 366 g/mol. The summed E-state index contributed by atoms with van der Waals surface area (Å²) in [7, 11) is 0. The molecular formula is C21H26N4O2. The molecule has 1 aromatic carbocycles. The summed E-state index contributed by atoms with van der Waals surface area (Å²) < 4.78 is 1.88. The Labute approximate surface area is 159 Å². The lowest BCUT2D eigenvalue weighted by molar-refractivity contribution is -0.123. The molecule has 1 fully saturated rings. The highest BCUT2D eigenvalue weighted by atomic mass is 16.2. The van der Waals surface area contributed by atoms with Crippen LogP contribution in [-0.4, -0.2) is 33.7 Å². The van der Waals surface area contributed by atoms with E-state index in [0.717, 1.165) is 61.9 Å². The van der Waals surface area contributed by atoms with Crippen LogP contribution in [0, 0.1) is 0 Å². The number of para-hydroxylation sites is 1. The van der Waals surface area contributed by atoms with E-state index in [1.165, 1.54) is 0 Å². The Hall–Kier alpha value is -2.63. The van der Waals surface area contributed by atoms with Crippen LogP contribution in [0.25, 0.3) is 5.69 Å². The van der Waals surface area contributed by atoms with Gasteiger partial charge >= 0.3 is 0 Å². The van der Waals surface area contributed by atoms with Crippen LogP contribution in [0.1, 0.15) is 60.8 Å². The fourth-order valence-corrected chi connectivity index (χ4v) is 4.13. The minimum absolute atomic E-state index is 0.116. The number of nitrogens with one attached hydrogen (secondary N) is 2. The number of benzene rings is 1. The van der Waals surface area contributed by atoms with Crippen molar-refractivity contribution in [2.24, 2.45) is 0 Å². The lowest BCUT2D eigenvalue weighted by Crippen LogP contribution is -2.47. The highest BCUT2D eigenvalue weighted by Gasteiger charge is 2.29. The molecule has 6 nitrogen and oxygen atoms in total. The van der Waals surface area contributed by atoms with Crippen LogP contribution in [0.3, 0.4) is 0 Å². The molecule has 0 saturated heterocycles. The number of aromatic nitrogens is 2. The first-order valence-corrected chi connectivity index (χ1v) is 9.91. The van der Waals surface area contributed by atoms with Crippen LogP contribution < -0.4 is 10.6 Å². The quantitative estimate of drug-likeness (QED) is 0.854. The normalized spacial score (nSPS) is 17.5. The molecule has 0 bridgehead atoms. The Kier molecular flexibility index (Phi) is 4.97. The Bertz CT molecular complexity index is 837. The summed E-state index contributed by atoms with van der Waals surface area (Å²) in [6.07, 6.45) is 7.18. The van der Waals surface area contributed by atoms with Gasteiger partial charge in [0.15, 0.2) is 5.69 Å². The fourth-order valence-electron chi connectivity index (χ4n) is 4.13. The van der Waals surface area contributed by atoms with Crippen molar-refractivity contribution in [1.82, 2.24) is 20.4 Å². The van der Waals surface area contributed by atoms with E-state index < -0.39 is 6.04 Å². The lowest BCUT2D eigenvalue weighted by atomic mass is 10.1. The van der Waals surface area contributed by atoms with Gasteiger partial charge in [0, 0.05) is 17.3 Å². The van der Waals surface area contributed by atoms with Gasteiger partial charge in [0.05, 0.1) is 5.69 Å². The summed E-state index contributed by atoms with van der Waals surface area (Å²) in [5.74, 6) is -0.383. The van der Waals surface area contributed by atoms with Gasteiger partial charge in [-0.25, -0.2) is 4.68 Å². The molecule has 2 amide bonds. The maximum atomic E-state index is 12.8. The number of nitrogens with zero attached hydrogens (tertiary/aromatic N) is 2. The van der Waals surface area contributed by atoms with E-state index in [2.05, 4.69) is 15.7 Å². The van der Waals surface area contributed by atoms with Crippen molar-refractivity contribution in [2.75, 3.05) is 0 Å². The Morgan fingerprint density at radius 1 is 1.11 bits per heavy atom. The van der Waals surface area contributed by atoms with Crippen LogP contribution in [-0.2, 0) is 17.6 Å². The molecule has 2 aromatic rings. The highest BCUT2D eigenvalue weighted by molar-refractivity contribution is 5.97. The van der Waals surface area contributed by atoms with Crippen molar-refractivity contribution in [3.05, 3.63) is 47.3 Å². The summed E-state index contributed by atoms with van der Waals surface area (Å²) in [6, 6.07) is 9.55. The zero-order chi connectivity index (χ0) is 18.8. The monoisotopic (exact) mass is 366 g/mol. The summed E-state index contributed by atoms with van der Waals surface area (Å²) in [5.41, 5.74) is 3.53. The van der Waals surface area contributed by atoms with Crippen molar-refractivity contribution in [3.63, 3.8) is 0 Å². The number of hydrogen-bond acceptors (Lipinski definition) is 3. The maximum absolute atomic E-state index is 12.8. The number of amides is 2. The molecule has 1 aromatic heterocycles. The van der Waals surface area contributed by atoms with Gasteiger partial charge < -0.3 is 10.6 Å². The van der Waals surface area contributed by atoms with Gasteiger partial charge in [-0.1, -0.05) is 31.0 Å². The second kappa shape index (κ2) is 7.55. The minimum Gasteiger partial charge on any atom is -0.352 e. The molecule has 4 rings (SSSR count). The number of hydrogen-bond donors (Lipinski definition) is 2. The molecular weight excluding hydrogens is 340 g/mol. The number of rotatable bonds is 5. The zero-order valence-electron chi connectivity index (χ0n) is 15.7. The Balaban J connectivity index is 1.50. The Morgan fingerprint density at radius 3 is 2.59 bits per heavy atom.